The van der Waals surface area contributed by atoms with Gasteiger partial charge < -0.3 is 19.3 Å². The maximum atomic E-state index is 5.95. The predicted octanol–water partition coefficient (Wildman–Crippen LogP) is 2.09. The van der Waals surface area contributed by atoms with Crippen LogP contribution in [0.1, 0.15) is 33.6 Å². The van der Waals surface area contributed by atoms with Gasteiger partial charge in [0.15, 0.2) is 0 Å². The number of hydrogen-bond acceptors (Lipinski definition) is 4. The molecular formula is C17H34N2O2. The van der Waals surface area contributed by atoms with Crippen LogP contribution in [-0.4, -0.2) is 75.0 Å². The molecule has 4 nitrogen and oxygen atoms in total. The molecule has 2 heterocycles. The van der Waals surface area contributed by atoms with Crippen molar-refractivity contribution in [1.29, 1.82) is 0 Å². The normalized spacial score (nSPS) is 23.3. The maximum Gasteiger partial charge on any atom is 0.0547 e. The van der Waals surface area contributed by atoms with Crippen molar-refractivity contribution in [2.45, 2.75) is 45.8 Å². The van der Waals surface area contributed by atoms with E-state index in [2.05, 4.69) is 37.6 Å². The van der Waals surface area contributed by atoms with Crippen LogP contribution >= 0.6 is 0 Å². The molecule has 124 valence electrons. The second-order valence-electron chi connectivity index (χ2n) is 7.38. The Hall–Kier alpha value is -0.160. The predicted molar refractivity (Wildman–Crippen MR) is 86.7 cm³/mol. The summed E-state index contributed by atoms with van der Waals surface area (Å²) in [6.45, 7) is 14.4. The van der Waals surface area contributed by atoms with Gasteiger partial charge in [-0.25, -0.2) is 0 Å². The Kier molecular flexibility index (Phi) is 6.93. The maximum absolute atomic E-state index is 5.95. The van der Waals surface area contributed by atoms with E-state index < -0.39 is 0 Å². The largest absolute Gasteiger partial charge is 0.378 e. The lowest BCUT2D eigenvalue weighted by molar-refractivity contribution is -0.0202. The minimum atomic E-state index is 0.368. The summed E-state index contributed by atoms with van der Waals surface area (Å²) in [5.41, 5.74) is 0. The summed E-state index contributed by atoms with van der Waals surface area (Å²) >= 11 is 0. The second-order valence-corrected chi connectivity index (χ2v) is 7.38. The van der Waals surface area contributed by atoms with E-state index in [1.54, 1.807) is 0 Å². The zero-order valence-corrected chi connectivity index (χ0v) is 14.4. The van der Waals surface area contributed by atoms with Crippen LogP contribution in [0.3, 0.4) is 0 Å². The quantitative estimate of drug-likeness (QED) is 0.616. The van der Waals surface area contributed by atoms with Crippen LogP contribution in [0.5, 0.6) is 0 Å². The molecule has 1 unspecified atom stereocenters. The van der Waals surface area contributed by atoms with Crippen LogP contribution in [0.25, 0.3) is 0 Å². The van der Waals surface area contributed by atoms with Gasteiger partial charge >= 0.3 is 0 Å². The van der Waals surface area contributed by atoms with E-state index in [0.717, 1.165) is 25.0 Å². The Morgan fingerprint density at radius 1 is 0.952 bits per heavy atom. The highest BCUT2D eigenvalue weighted by Gasteiger charge is 2.27. The van der Waals surface area contributed by atoms with Crippen LogP contribution in [0.15, 0.2) is 0 Å². The van der Waals surface area contributed by atoms with E-state index in [1.165, 1.54) is 45.6 Å². The lowest BCUT2D eigenvalue weighted by atomic mass is 10.0. The number of nitrogens with zero attached hydrogens (tertiary/aromatic N) is 2. The van der Waals surface area contributed by atoms with E-state index in [9.17, 15) is 0 Å². The summed E-state index contributed by atoms with van der Waals surface area (Å²) in [7, 11) is 2.17. The summed E-state index contributed by atoms with van der Waals surface area (Å²) < 4.78 is 11.6. The molecule has 0 saturated carbocycles. The fourth-order valence-electron chi connectivity index (χ4n) is 3.21. The smallest absolute Gasteiger partial charge is 0.0547 e. The highest BCUT2D eigenvalue weighted by molar-refractivity contribution is 4.80. The third-order valence-electron chi connectivity index (χ3n) is 4.54. The molecule has 0 aromatic heterocycles. The lowest BCUT2D eigenvalue weighted by Crippen LogP contribution is -2.49. The molecule has 0 radical (unpaired) electrons. The fraction of sp³-hybridized carbons (Fsp3) is 1.00. The first-order valence-electron chi connectivity index (χ1n) is 8.67. The molecule has 2 saturated heterocycles. The zero-order valence-electron chi connectivity index (χ0n) is 14.4. The summed E-state index contributed by atoms with van der Waals surface area (Å²) in [6, 6.07) is 0. The van der Waals surface area contributed by atoms with Gasteiger partial charge in [0, 0.05) is 38.0 Å². The molecule has 2 rings (SSSR count). The van der Waals surface area contributed by atoms with Crippen molar-refractivity contribution in [2.24, 2.45) is 11.8 Å². The minimum Gasteiger partial charge on any atom is -0.378 e. The second kappa shape index (κ2) is 8.47. The molecule has 21 heavy (non-hydrogen) atoms. The molecule has 0 spiro atoms. The molecule has 0 aromatic rings. The monoisotopic (exact) mass is 298 g/mol. The zero-order chi connectivity index (χ0) is 15.2. The van der Waals surface area contributed by atoms with Crippen molar-refractivity contribution >= 4 is 0 Å². The standard InChI is InChI=1S/C17H34N2O2/c1-14(2)20-12-17-10-19(11-17)7-5-6-15(3)21-13-16-8-18(4)9-16/h14-17H,5-13H2,1-4H3. The van der Waals surface area contributed by atoms with Gasteiger partial charge in [-0.1, -0.05) is 0 Å². The molecule has 2 fully saturated rings. The van der Waals surface area contributed by atoms with Crippen molar-refractivity contribution < 1.29 is 9.47 Å². The summed E-state index contributed by atoms with van der Waals surface area (Å²) in [4.78, 5) is 4.89. The van der Waals surface area contributed by atoms with Gasteiger partial charge in [-0.2, -0.15) is 0 Å². The van der Waals surface area contributed by atoms with E-state index >= 15 is 0 Å². The Morgan fingerprint density at radius 3 is 2.19 bits per heavy atom. The van der Waals surface area contributed by atoms with Gasteiger partial charge in [0.2, 0.25) is 0 Å². The Morgan fingerprint density at radius 2 is 1.57 bits per heavy atom. The van der Waals surface area contributed by atoms with E-state index in [0.29, 0.717) is 12.2 Å². The molecule has 0 aromatic carbocycles. The van der Waals surface area contributed by atoms with E-state index in [1.807, 2.05) is 0 Å². The summed E-state index contributed by atoms with van der Waals surface area (Å²) in [5.74, 6) is 1.53. The first-order chi connectivity index (χ1) is 10.0. The Labute approximate surface area is 130 Å². The molecule has 0 amide bonds. The van der Waals surface area contributed by atoms with Gasteiger partial charge in [-0.05, 0) is 47.2 Å². The SMILES string of the molecule is CC(C)OCC1CN(CCCC(C)OCC2CN(C)C2)C1. The van der Waals surface area contributed by atoms with Crippen LogP contribution < -0.4 is 0 Å². The van der Waals surface area contributed by atoms with Gasteiger partial charge in [-0.3, -0.25) is 0 Å². The summed E-state index contributed by atoms with van der Waals surface area (Å²) in [5, 5.41) is 0. The summed E-state index contributed by atoms with van der Waals surface area (Å²) in [6.07, 6.45) is 3.22. The first kappa shape index (κ1) is 17.2. The average Bonchev–Trinajstić information content (AvgIpc) is 2.34. The topological polar surface area (TPSA) is 24.9 Å². The third-order valence-corrected chi connectivity index (χ3v) is 4.54. The van der Waals surface area contributed by atoms with Gasteiger partial charge in [0.1, 0.15) is 0 Å². The minimum absolute atomic E-state index is 0.368. The molecule has 2 aliphatic rings. The molecule has 4 heteroatoms. The fourth-order valence-corrected chi connectivity index (χ4v) is 3.21. The number of ether oxygens (including phenoxy) is 2. The Bertz CT molecular complexity index is 287. The molecule has 0 N–H and O–H groups in total. The van der Waals surface area contributed by atoms with Crippen LogP contribution in [-0.2, 0) is 9.47 Å². The van der Waals surface area contributed by atoms with Crippen LogP contribution in [0.2, 0.25) is 0 Å². The molecule has 0 bridgehead atoms. The Balaban J connectivity index is 1.40. The average molecular weight is 298 g/mol. The lowest BCUT2D eigenvalue weighted by Gasteiger charge is -2.39. The molecular weight excluding hydrogens is 264 g/mol. The van der Waals surface area contributed by atoms with Crippen molar-refractivity contribution in [3.8, 4) is 0 Å². The first-order valence-corrected chi connectivity index (χ1v) is 8.67. The molecule has 2 aliphatic heterocycles. The van der Waals surface area contributed by atoms with E-state index in [-0.39, 0.29) is 0 Å². The van der Waals surface area contributed by atoms with Crippen molar-refractivity contribution in [2.75, 3.05) is 53.0 Å². The number of rotatable bonds is 10. The number of hydrogen-bond donors (Lipinski definition) is 0. The highest BCUT2D eigenvalue weighted by Crippen LogP contribution is 2.18. The van der Waals surface area contributed by atoms with Crippen molar-refractivity contribution in [3.63, 3.8) is 0 Å². The third kappa shape index (κ3) is 6.23. The van der Waals surface area contributed by atoms with Gasteiger partial charge in [0.05, 0.1) is 25.4 Å². The van der Waals surface area contributed by atoms with Gasteiger partial charge in [0.25, 0.3) is 0 Å². The van der Waals surface area contributed by atoms with Crippen LogP contribution in [0, 0.1) is 11.8 Å². The van der Waals surface area contributed by atoms with Gasteiger partial charge in [-0.15, -0.1) is 0 Å². The van der Waals surface area contributed by atoms with E-state index in [4.69, 9.17) is 9.47 Å². The molecule has 0 aliphatic carbocycles. The van der Waals surface area contributed by atoms with Crippen molar-refractivity contribution in [3.05, 3.63) is 0 Å². The molecule has 1 atom stereocenters. The number of likely N-dealkylation sites (tertiary alicyclic amines) is 2. The van der Waals surface area contributed by atoms with Crippen molar-refractivity contribution in [1.82, 2.24) is 9.80 Å². The highest BCUT2D eigenvalue weighted by atomic mass is 16.5. The van der Waals surface area contributed by atoms with Crippen LogP contribution in [0.4, 0.5) is 0 Å².